The molecule has 1 atom stereocenters. The van der Waals surface area contributed by atoms with Gasteiger partial charge in [-0.15, -0.1) is 0 Å². The van der Waals surface area contributed by atoms with E-state index in [0.29, 0.717) is 23.6 Å². The molecule has 0 radical (unpaired) electrons. The minimum atomic E-state index is -0.873. The maximum Gasteiger partial charge on any atom is 0.307 e. The Kier molecular flexibility index (Phi) is 5.12. The Morgan fingerprint density at radius 1 is 1.40 bits per heavy atom. The number of nitrogens with one attached hydrogen (secondary N) is 2. The molecule has 108 valence electrons. The molecule has 1 amide bonds. The first-order chi connectivity index (χ1) is 9.63. The third-order valence-corrected chi connectivity index (χ3v) is 3.51. The highest BCUT2D eigenvalue weighted by molar-refractivity contribution is 5.90. The SMILES string of the molecule is O=C(O)Cc1cccc(NC(=O)CCC2CCNC2)c1. The summed E-state index contributed by atoms with van der Waals surface area (Å²) in [5.74, 6) is -0.286. The summed E-state index contributed by atoms with van der Waals surface area (Å²) >= 11 is 0. The van der Waals surface area contributed by atoms with E-state index in [4.69, 9.17) is 5.11 Å². The zero-order valence-corrected chi connectivity index (χ0v) is 11.4. The molecule has 1 aliphatic heterocycles. The van der Waals surface area contributed by atoms with Crippen LogP contribution in [-0.2, 0) is 16.0 Å². The van der Waals surface area contributed by atoms with Crippen molar-refractivity contribution >= 4 is 17.6 Å². The van der Waals surface area contributed by atoms with Crippen molar-refractivity contribution in [1.82, 2.24) is 5.32 Å². The molecule has 1 saturated heterocycles. The molecule has 1 fully saturated rings. The summed E-state index contributed by atoms with van der Waals surface area (Å²) < 4.78 is 0. The number of hydrogen-bond acceptors (Lipinski definition) is 3. The van der Waals surface area contributed by atoms with Crippen LogP contribution in [0.4, 0.5) is 5.69 Å². The Morgan fingerprint density at radius 2 is 2.25 bits per heavy atom. The Labute approximate surface area is 118 Å². The van der Waals surface area contributed by atoms with Crippen molar-refractivity contribution in [3.05, 3.63) is 29.8 Å². The summed E-state index contributed by atoms with van der Waals surface area (Å²) in [7, 11) is 0. The Bertz CT molecular complexity index is 482. The highest BCUT2D eigenvalue weighted by atomic mass is 16.4. The van der Waals surface area contributed by atoms with Gasteiger partial charge in [-0.3, -0.25) is 9.59 Å². The lowest BCUT2D eigenvalue weighted by molar-refractivity contribution is -0.136. The number of carbonyl (C=O) groups excluding carboxylic acids is 1. The number of anilines is 1. The molecular weight excluding hydrogens is 256 g/mol. The summed E-state index contributed by atoms with van der Waals surface area (Å²) in [6, 6.07) is 6.99. The highest BCUT2D eigenvalue weighted by Crippen LogP contribution is 2.16. The zero-order valence-electron chi connectivity index (χ0n) is 11.4. The summed E-state index contributed by atoms with van der Waals surface area (Å²) in [6.45, 7) is 2.05. The zero-order chi connectivity index (χ0) is 14.4. The van der Waals surface area contributed by atoms with Gasteiger partial charge in [-0.25, -0.2) is 0 Å². The number of carboxylic acids is 1. The minimum Gasteiger partial charge on any atom is -0.481 e. The lowest BCUT2D eigenvalue weighted by Crippen LogP contribution is -2.15. The van der Waals surface area contributed by atoms with Crippen LogP contribution in [0.2, 0.25) is 0 Å². The molecule has 0 saturated carbocycles. The van der Waals surface area contributed by atoms with Crippen LogP contribution in [0.5, 0.6) is 0 Å². The molecular formula is C15H20N2O3. The predicted octanol–water partition coefficient (Wildman–Crippen LogP) is 1.64. The van der Waals surface area contributed by atoms with E-state index in [1.165, 1.54) is 0 Å². The van der Waals surface area contributed by atoms with Crippen molar-refractivity contribution < 1.29 is 14.7 Å². The van der Waals surface area contributed by atoms with Crippen LogP contribution in [0.1, 0.15) is 24.8 Å². The number of aliphatic carboxylic acids is 1. The van der Waals surface area contributed by atoms with E-state index < -0.39 is 5.97 Å². The molecule has 2 rings (SSSR count). The molecule has 1 aromatic carbocycles. The fourth-order valence-corrected chi connectivity index (χ4v) is 2.45. The predicted molar refractivity (Wildman–Crippen MR) is 76.6 cm³/mol. The molecule has 0 spiro atoms. The second-order valence-corrected chi connectivity index (χ2v) is 5.22. The summed E-state index contributed by atoms with van der Waals surface area (Å²) in [6.07, 6.45) is 2.52. The average molecular weight is 276 g/mol. The Hall–Kier alpha value is -1.88. The molecule has 0 aromatic heterocycles. The first-order valence-electron chi connectivity index (χ1n) is 6.95. The van der Waals surface area contributed by atoms with Gasteiger partial charge in [-0.05, 0) is 49.5 Å². The van der Waals surface area contributed by atoms with E-state index in [2.05, 4.69) is 10.6 Å². The van der Waals surface area contributed by atoms with Crippen LogP contribution in [0.15, 0.2) is 24.3 Å². The number of benzene rings is 1. The van der Waals surface area contributed by atoms with Crippen LogP contribution in [0.25, 0.3) is 0 Å². The highest BCUT2D eigenvalue weighted by Gasteiger charge is 2.15. The number of carboxylic acid groups (broad SMARTS) is 1. The van der Waals surface area contributed by atoms with Crippen LogP contribution >= 0.6 is 0 Å². The van der Waals surface area contributed by atoms with E-state index in [1.54, 1.807) is 24.3 Å². The normalized spacial score (nSPS) is 17.9. The molecule has 1 heterocycles. The molecule has 3 N–H and O–H groups in total. The topological polar surface area (TPSA) is 78.4 Å². The van der Waals surface area contributed by atoms with Crippen molar-refractivity contribution in [1.29, 1.82) is 0 Å². The van der Waals surface area contributed by atoms with Crippen molar-refractivity contribution in [2.75, 3.05) is 18.4 Å². The summed E-state index contributed by atoms with van der Waals surface area (Å²) in [4.78, 5) is 22.5. The lowest BCUT2D eigenvalue weighted by atomic mass is 10.0. The van der Waals surface area contributed by atoms with Gasteiger partial charge in [0.1, 0.15) is 0 Å². The summed E-state index contributed by atoms with van der Waals surface area (Å²) in [5, 5.41) is 14.9. The fraction of sp³-hybridized carbons (Fsp3) is 0.467. The standard InChI is InChI=1S/C15H20N2O3/c18-14(5-4-11-6-7-16-10-11)17-13-3-1-2-12(8-13)9-15(19)20/h1-3,8,11,16H,4-7,9-10H2,(H,17,18)(H,19,20). The number of carbonyl (C=O) groups is 2. The van der Waals surface area contributed by atoms with E-state index in [1.807, 2.05) is 0 Å². The van der Waals surface area contributed by atoms with E-state index in [-0.39, 0.29) is 12.3 Å². The third kappa shape index (κ3) is 4.66. The Balaban J connectivity index is 1.82. The summed E-state index contributed by atoms with van der Waals surface area (Å²) in [5.41, 5.74) is 1.36. The van der Waals surface area contributed by atoms with Gasteiger partial charge in [0.2, 0.25) is 5.91 Å². The molecule has 5 heteroatoms. The molecule has 0 aliphatic carbocycles. The second-order valence-electron chi connectivity index (χ2n) is 5.22. The maximum absolute atomic E-state index is 11.9. The van der Waals surface area contributed by atoms with Gasteiger partial charge in [0.25, 0.3) is 0 Å². The molecule has 1 unspecified atom stereocenters. The van der Waals surface area contributed by atoms with Crippen molar-refractivity contribution in [3.63, 3.8) is 0 Å². The van der Waals surface area contributed by atoms with Crippen molar-refractivity contribution in [3.8, 4) is 0 Å². The molecule has 1 aromatic rings. The van der Waals surface area contributed by atoms with Crippen molar-refractivity contribution in [2.24, 2.45) is 5.92 Å². The largest absolute Gasteiger partial charge is 0.481 e. The first kappa shape index (κ1) is 14.5. The van der Waals surface area contributed by atoms with Gasteiger partial charge >= 0.3 is 5.97 Å². The minimum absolute atomic E-state index is 0.00984. The Morgan fingerprint density at radius 3 is 2.95 bits per heavy atom. The second kappa shape index (κ2) is 7.05. The van der Waals surface area contributed by atoms with E-state index >= 15 is 0 Å². The van der Waals surface area contributed by atoms with Gasteiger partial charge in [-0.1, -0.05) is 12.1 Å². The van der Waals surface area contributed by atoms with Crippen LogP contribution < -0.4 is 10.6 Å². The molecule has 1 aliphatic rings. The number of amides is 1. The van der Waals surface area contributed by atoms with Gasteiger partial charge in [-0.2, -0.15) is 0 Å². The fourth-order valence-electron chi connectivity index (χ4n) is 2.45. The molecule has 20 heavy (non-hydrogen) atoms. The van der Waals surface area contributed by atoms with Crippen LogP contribution in [0.3, 0.4) is 0 Å². The van der Waals surface area contributed by atoms with Gasteiger partial charge < -0.3 is 15.7 Å². The number of rotatable bonds is 6. The molecule has 5 nitrogen and oxygen atoms in total. The smallest absolute Gasteiger partial charge is 0.307 e. The van der Waals surface area contributed by atoms with E-state index in [0.717, 1.165) is 25.9 Å². The first-order valence-corrected chi connectivity index (χ1v) is 6.95. The quantitative estimate of drug-likeness (QED) is 0.738. The maximum atomic E-state index is 11.9. The van der Waals surface area contributed by atoms with Gasteiger partial charge in [0, 0.05) is 12.1 Å². The monoisotopic (exact) mass is 276 g/mol. The van der Waals surface area contributed by atoms with Gasteiger partial charge in [0.05, 0.1) is 6.42 Å². The third-order valence-electron chi connectivity index (χ3n) is 3.51. The van der Waals surface area contributed by atoms with Crippen LogP contribution in [-0.4, -0.2) is 30.1 Å². The van der Waals surface area contributed by atoms with Crippen molar-refractivity contribution in [2.45, 2.75) is 25.7 Å². The number of hydrogen-bond donors (Lipinski definition) is 3. The average Bonchev–Trinajstić information content (AvgIpc) is 2.89. The van der Waals surface area contributed by atoms with E-state index in [9.17, 15) is 9.59 Å². The van der Waals surface area contributed by atoms with Gasteiger partial charge in [0.15, 0.2) is 0 Å². The van der Waals surface area contributed by atoms with Crippen LogP contribution in [0, 0.1) is 5.92 Å². The molecule has 0 bridgehead atoms. The lowest BCUT2D eigenvalue weighted by Gasteiger charge is -2.09.